The summed E-state index contributed by atoms with van der Waals surface area (Å²) in [5, 5.41) is 9.18. The molecular formula is C11H15N3O5. The third kappa shape index (κ3) is 3.09. The lowest BCUT2D eigenvalue weighted by atomic mass is 10.2. The maximum Gasteiger partial charge on any atom is 0.328 e. The van der Waals surface area contributed by atoms with Gasteiger partial charge in [0.15, 0.2) is 0 Å². The van der Waals surface area contributed by atoms with E-state index in [4.69, 9.17) is 4.74 Å². The van der Waals surface area contributed by atoms with Gasteiger partial charge in [0.25, 0.3) is 5.56 Å². The number of hydrogen-bond acceptors (Lipinski definition) is 5. The van der Waals surface area contributed by atoms with Crippen molar-refractivity contribution in [3.05, 3.63) is 33.1 Å². The van der Waals surface area contributed by atoms with Gasteiger partial charge in [-0.25, -0.2) is 4.79 Å². The predicted octanol–water partition coefficient (Wildman–Crippen LogP) is -2.24. The lowest BCUT2D eigenvalue weighted by molar-refractivity contribution is -0.142. The molecule has 1 atom stereocenters. The van der Waals surface area contributed by atoms with E-state index in [9.17, 15) is 19.5 Å². The standard InChI is InChI=1S/C11H15N3O5/c15-6-8-7-19-4-3-14(8)10(17)5-13-2-1-9(16)12-11(13)18/h1-2,8,15H,3-7H2,(H,12,16,18). The molecule has 0 spiro atoms. The number of aromatic amines is 1. The van der Waals surface area contributed by atoms with Crippen molar-refractivity contribution in [1.82, 2.24) is 14.5 Å². The molecule has 19 heavy (non-hydrogen) atoms. The molecule has 0 radical (unpaired) electrons. The number of aromatic nitrogens is 2. The molecule has 104 valence electrons. The van der Waals surface area contributed by atoms with E-state index < -0.39 is 11.2 Å². The van der Waals surface area contributed by atoms with Crippen LogP contribution >= 0.6 is 0 Å². The maximum absolute atomic E-state index is 12.1. The van der Waals surface area contributed by atoms with Crippen LogP contribution < -0.4 is 11.2 Å². The van der Waals surface area contributed by atoms with Gasteiger partial charge in [-0.05, 0) is 0 Å². The van der Waals surface area contributed by atoms with Gasteiger partial charge in [0.2, 0.25) is 5.91 Å². The van der Waals surface area contributed by atoms with Crippen LogP contribution in [0.3, 0.4) is 0 Å². The third-order valence-corrected chi connectivity index (χ3v) is 2.96. The predicted molar refractivity (Wildman–Crippen MR) is 64.7 cm³/mol. The Labute approximate surface area is 108 Å². The number of nitrogens with zero attached hydrogens (tertiary/aromatic N) is 2. The molecule has 0 saturated carbocycles. The second-order valence-electron chi connectivity index (χ2n) is 4.24. The van der Waals surface area contributed by atoms with Crippen molar-refractivity contribution in [2.75, 3.05) is 26.4 Å². The minimum absolute atomic E-state index is 0.174. The SMILES string of the molecule is O=C(Cn1ccc(=O)[nH]c1=O)N1CCOCC1CO. The number of aliphatic hydroxyl groups is 1. The Hall–Kier alpha value is -1.93. The van der Waals surface area contributed by atoms with Crippen LogP contribution in [0, 0.1) is 0 Å². The Morgan fingerprint density at radius 2 is 2.32 bits per heavy atom. The summed E-state index contributed by atoms with van der Waals surface area (Å²) in [6.07, 6.45) is 1.27. The summed E-state index contributed by atoms with van der Waals surface area (Å²) in [6, 6.07) is 0.789. The summed E-state index contributed by atoms with van der Waals surface area (Å²) >= 11 is 0. The van der Waals surface area contributed by atoms with E-state index in [0.717, 1.165) is 4.57 Å². The fourth-order valence-electron chi connectivity index (χ4n) is 1.94. The van der Waals surface area contributed by atoms with Gasteiger partial charge in [-0.1, -0.05) is 0 Å². The summed E-state index contributed by atoms with van der Waals surface area (Å²) in [6.45, 7) is 0.700. The molecule has 1 aromatic rings. The number of hydrogen-bond donors (Lipinski definition) is 2. The number of aliphatic hydroxyl groups excluding tert-OH is 1. The Morgan fingerprint density at radius 1 is 1.53 bits per heavy atom. The second-order valence-corrected chi connectivity index (χ2v) is 4.24. The highest BCUT2D eigenvalue weighted by Gasteiger charge is 2.26. The number of ether oxygens (including phenoxy) is 1. The van der Waals surface area contributed by atoms with E-state index >= 15 is 0 Å². The smallest absolute Gasteiger partial charge is 0.328 e. The van der Waals surface area contributed by atoms with Gasteiger partial charge >= 0.3 is 5.69 Å². The lowest BCUT2D eigenvalue weighted by Crippen LogP contribution is -2.52. The molecule has 8 heteroatoms. The normalized spacial score (nSPS) is 19.4. The van der Waals surface area contributed by atoms with Crippen LogP contribution in [0.25, 0.3) is 0 Å². The minimum Gasteiger partial charge on any atom is -0.394 e. The zero-order chi connectivity index (χ0) is 13.8. The Balaban J connectivity index is 2.11. The largest absolute Gasteiger partial charge is 0.394 e. The van der Waals surface area contributed by atoms with E-state index in [1.165, 1.54) is 17.2 Å². The molecule has 1 fully saturated rings. The number of H-pyrrole nitrogens is 1. The van der Waals surface area contributed by atoms with Gasteiger partial charge in [0.1, 0.15) is 6.54 Å². The van der Waals surface area contributed by atoms with Gasteiger partial charge in [-0.2, -0.15) is 0 Å². The summed E-state index contributed by atoms with van der Waals surface area (Å²) in [5.41, 5.74) is -1.14. The van der Waals surface area contributed by atoms with Crippen molar-refractivity contribution in [2.24, 2.45) is 0 Å². The first-order valence-electron chi connectivity index (χ1n) is 5.89. The lowest BCUT2D eigenvalue weighted by Gasteiger charge is -2.34. The van der Waals surface area contributed by atoms with Crippen molar-refractivity contribution in [3.63, 3.8) is 0 Å². The zero-order valence-electron chi connectivity index (χ0n) is 10.2. The molecule has 0 bridgehead atoms. The van der Waals surface area contributed by atoms with Gasteiger partial charge in [0.05, 0.1) is 25.9 Å². The van der Waals surface area contributed by atoms with Crippen molar-refractivity contribution in [3.8, 4) is 0 Å². The number of nitrogens with one attached hydrogen (secondary N) is 1. The van der Waals surface area contributed by atoms with Gasteiger partial charge in [-0.15, -0.1) is 0 Å². The molecule has 1 amide bonds. The summed E-state index contributed by atoms with van der Waals surface area (Å²) in [7, 11) is 0. The van der Waals surface area contributed by atoms with Crippen LogP contribution in [-0.4, -0.2) is 57.9 Å². The van der Waals surface area contributed by atoms with Crippen LogP contribution in [0.4, 0.5) is 0 Å². The third-order valence-electron chi connectivity index (χ3n) is 2.96. The molecule has 2 heterocycles. The maximum atomic E-state index is 12.1. The highest BCUT2D eigenvalue weighted by molar-refractivity contribution is 5.76. The van der Waals surface area contributed by atoms with Crippen molar-refractivity contribution >= 4 is 5.91 Å². The Morgan fingerprint density at radius 3 is 3.00 bits per heavy atom. The molecule has 8 nitrogen and oxygen atoms in total. The molecular weight excluding hydrogens is 254 g/mol. The number of amides is 1. The fourth-order valence-corrected chi connectivity index (χ4v) is 1.94. The van der Waals surface area contributed by atoms with Crippen LogP contribution in [0.5, 0.6) is 0 Å². The highest BCUT2D eigenvalue weighted by Crippen LogP contribution is 2.07. The van der Waals surface area contributed by atoms with Gasteiger partial charge in [0, 0.05) is 18.8 Å². The first-order valence-corrected chi connectivity index (χ1v) is 5.89. The van der Waals surface area contributed by atoms with Gasteiger partial charge in [-0.3, -0.25) is 19.1 Å². The molecule has 2 N–H and O–H groups in total. The number of carbonyl (C=O) groups is 1. The number of morpholine rings is 1. The van der Waals surface area contributed by atoms with Crippen LogP contribution in [0.15, 0.2) is 21.9 Å². The average Bonchev–Trinajstić information content (AvgIpc) is 2.41. The molecule has 1 unspecified atom stereocenters. The summed E-state index contributed by atoms with van der Waals surface area (Å²) in [5.74, 6) is -0.295. The average molecular weight is 269 g/mol. The summed E-state index contributed by atoms with van der Waals surface area (Å²) in [4.78, 5) is 38.0. The molecule has 1 aromatic heterocycles. The Bertz CT molecular complexity index is 564. The zero-order valence-corrected chi connectivity index (χ0v) is 10.2. The van der Waals surface area contributed by atoms with E-state index in [0.29, 0.717) is 13.2 Å². The molecule has 1 aliphatic heterocycles. The summed E-state index contributed by atoms with van der Waals surface area (Å²) < 4.78 is 6.29. The highest BCUT2D eigenvalue weighted by atomic mass is 16.5. The van der Waals surface area contributed by atoms with Gasteiger partial charge < -0.3 is 14.7 Å². The van der Waals surface area contributed by atoms with Crippen LogP contribution in [-0.2, 0) is 16.1 Å². The first-order chi connectivity index (χ1) is 9.11. The van der Waals surface area contributed by atoms with E-state index in [-0.39, 0.29) is 31.7 Å². The quantitative estimate of drug-likeness (QED) is 0.645. The first kappa shape index (κ1) is 13.5. The molecule has 0 aliphatic carbocycles. The van der Waals surface area contributed by atoms with E-state index in [1.807, 2.05) is 0 Å². The topological polar surface area (TPSA) is 105 Å². The van der Waals surface area contributed by atoms with Crippen LogP contribution in [0.2, 0.25) is 0 Å². The van der Waals surface area contributed by atoms with Crippen LogP contribution in [0.1, 0.15) is 0 Å². The Kier molecular flexibility index (Phi) is 4.13. The van der Waals surface area contributed by atoms with Crippen molar-refractivity contribution in [2.45, 2.75) is 12.6 Å². The molecule has 2 rings (SSSR count). The number of carbonyl (C=O) groups excluding carboxylic acids is 1. The molecule has 1 saturated heterocycles. The second kappa shape index (κ2) is 5.81. The van der Waals surface area contributed by atoms with Crippen molar-refractivity contribution in [1.29, 1.82) is 0 Å². The van der Waals surface area contributed by atoms with E-state index in [1.54, 1.807) is 0 Å². The fraction of sp³-hybridized carbons (Fsp3) is 0.545. The monoisotopic (exact) mass is 269 g/mol. The molecule has 0 aromatic carbocycles. The number of rotatable bonds is 3. The van der Waals surface area contributed by atoms with Crippen molar-refractivity contribution < 1.29 is 14.6 Å². The minimum atomic E-state index is -0.630. The molecule has 1 aliphatic rings. The van der Waals surface area contributed by atoms with E-state index in [2.05, 4.69) is 4.98 Å².